The van der Waals surface area contributed by atoms with Gasteiger partial charge in [0.1, 0.15) is 11.5 Å². The maximum atomic E-state index is 12.0. The molecule has 0 fully saturated rings. The van der Waals surface area contributed by atoms with Gasteiger partial charge in [0.15, 0.2) is 0 Å². The zero-order valence-electron chi connectivity index (χ0n) is 12.9. The van der Waals surface area contributed by atoms with Crippen LogP contribution in [0.2, 0.25) is 0 Å². The van der Waals surface area contributed by atoms with Crippen molar-refractivity contribution in [2.75, 3.05) is 5.32 Å². The minimum Gasteiger partial charge on any atom is -0.365 e. The third-order valence-corrected chi connectivity index (χ3v) is 3.28. The van der Waals surface area contributed by atoms with Gasteiger partial charge in [-0.05, 0) is 29.3 Å². The summed E-state index contributed by atoms with van der Waals surface area (Å²) < 4.78 is 0. The number of amides is 1. The molecule has 0 saturated carbocycles. The van der Waals surface area contributed by atoms with E-state index in [1.165, 1.54) is 6.20 Å². The highest BCUT2D eigenvalue weighted by Crippen LogP contribution is 2.05. The summed E-state index contributed by atoms with van der Waals surface area (Å²) in [5.74, 6) is 0.336. The normalized spacial score (nSPS) is 10.2. The van der Waals surface area contributed by atoms with E-state index in [0.717, 1.165) is 11.1 Å². The Kier molecular flexibility index (Phi) is 5.03. The number of anilines is 1. The average Bonchev–Trinajstić information content (AvgIpc) is 2.66. The van der Waals surface area contributed by atoms with E-state index < -0.39 is 0 Å². The molecular weight excluding hydrogens is 304 g/mol. The van der Waals surface area contributed by atoms with E-state index in [1.807, 2.05) is 24.3 Å². The van der Waals surface area contributed by atoms with Crippen LogP contribution in [0.15, 0.2) is 61.4 Å². The van der Waals surface area contributed by atoms with Crippen molar-refractivity contribution < 1.29 is 4.79 Å². The molecule has 2 N–H and O–H groups in total. The predicted octanol–water partition coefficient (Wildman–Crippen LogP) is 1.81. The monoisotopic (exact) mass is 320 g/mol. The van der Waals surface area contributed by atoms with Crippen LogP contribution in [0.1, 0.15) is 21.6 Å². The first kappa shape index (κ1) is 15.5. The number of carbonyl (C=O) groups is 1. The Morgan fingerprint density at radius 2 is 1.75 bits per heavy atom. The van der Waals surface area contributed by atoms with Gasteiger partial charge in [0, 0.05) is 37.9 Å². The van der Waals surface area contributed by atoms with E-state index >= 15 is 0 Å². The van der Waals surface area contributed by atoms with Crippen LogP contribution in [-0.2, 0) is 13.1 Å². The van der Waals surface area contributed by atoms with Crippen LogP contribution in [0.25, 0.3) is 0 Å². The Bertz CT molecular complexity index is 777. The van der Waals surface area contributed by atoms with E-state index in [-0.39, 0.29) is 11.6 Å². The summed E-state index contributed by atoms with van der Waals surface area (Å²) in [6.07, 6.45) is 9.86. The molecule has 3 heterocycles. The number of hydrogen-bond donors (Lipinski definition) is 2. The predicted molar refractivity (Wildman–Crippen MR) is 89.0 cm³/mol. The second-order valence-electron chi connectivity index (χ2n) is 5.04. The molecule has 0 radical (unpaired) electrons. The Balaban J connectivity index is 1.53. The fourth-order valence-electron chi connectivity index (χ4n) is 2.01. The standard InChI is InChI=1S/C17H16N6O/c24-17(23-10-14-2-1-5-19-8-14)15-11-22-16(12-20-15)21-9-13-3-6-18-7-4-13/h1-8,11-12H,9-10H2,(H,21,22)(H,23,24). The molecule has 7 nitrogen and oxygen atoms in total. The van der Waals surface area contributed by atoms with E-state index in [9.17, 15) is 4.79 Å². The van der Waals surface area contributed by atoms with Crippen molar-refractivity contribution in [3.8, 4) is 0 Å². The molecule has 0 bridgehead atoms. The highest BCUT2D eigenvalue weighted by atomic mass is 16.1. The molecule has 3 aromatic heterocycles. The van der Waals surface area contributed by atoms with E-state index in [2.05, 4.69) is 30.6 Å². The lowest BCUT2D eigenvalue weighted by atomic mass is 10.3. The minimum atomic E-state index is -0.271. The largest absolute Gasteiger partial charge is 0.365 e. The number of rotatable bonds is 6. The molecule has 120 valence electrons. The molecular formula is C17H16N6O. The quantitative estimate of drug-likeness (QED) is 0.719. The summed E-state index contributed by atoms with van der Waals surface area (Å²) in [5.41, 5.74) is 2.29. The molecule has 0 aromatic carbocycles. The Morgan fingerprint density at radius 3 is 2.46 bits per heavy atom. The average molecular weight is 320 g/mol. The lowest BCUT2D eigenvalue weighted by Crippen LogP contribution is -2.24. The molecule has 0 aliphatic rings. The summed E-state index contributed by atoms with van der Waals surface area (Å²) in [4.78, 5) is 28.4. The van der Waals surface area contributed by atoms with E-state index in [1.54, 1.807) is 31.0 Å². The molecule has 0 spiro atoms. The highest BCUT2D eigenvalue weighted by Gasteiger charge is 2.07. The van der Waals surface area contributed by atoms with Crippen LogP contribution >= 0.6 is 0 Å². The molecule has 3 rings (SSSR count). The van der Waals surface area contributed by atoms with Crippen molar-refractivity contribution >= 4 is 11.7 Å². The van der Waals surface area contributed by atoms with E-state index in [0.29, 0.717) is 18.9 Å². The molecule has 1 amide bonds. The first-order chi connectivity index (χ1) is 11.8. The lowest BCUT2D eigenvalue weighted by Gasteiger charge is -2.07. The van der Waals surface area contributed by atoms with Gasteiger partial charge in [-0.3, -0.25) is 14.8 Å². The summed E-state index contributed by atoms with van der Waals surface area (Å²) in [7, 11) is 0. The van der Waals surface area contributed by atoms with Crippen molar-refractivity contribution in [1.82, 2.24) is 25.3 Å². The van der Waals surface area contributed by atoms with Gasteiger partial charge in [0.05, 0.1) is 12.4 Å². The van der Waals surface area contributed by atoms with Gasteiger partial charge in [-0.1, -0.05) is 6.07 Å². The molecule has 0 saturated heterocycles. The summed E-state index contributed by atoms with van der Waals surface area (Å²) in [6.45, 7) is 1.01. The van der Waals surface area contributed by atoms with Crippen molar-refractivity contribution in [3.63, 3.8) is 0 Å². The molecule has 0 aliphatic carbocycles. The Hall–Kier alpha value is -3.35. The molecule has 0 aliphatic heterocycles. The van der Waals surface area contributed by atoms with Crippen molar-refractivity contribution in [2.45, 2.75) is 13.1 Å². The number of aromatic nitrogens is 4. The number of pyridine rings is 2. The number of nitrogens with zero attached hydrogens (tertiary/aromatic N) is 4. The smallest absolute Gasteiger partial charge is 0.271 e. The van der Waals surface area contributed by atoms with Gasteiger partial charge in [0.2, 0.25) is 0 Å². The molecule has 0 atom stereocenters. The first-order valence-corrected chi connectivity index (χ1v) is 7.43. The number of hydrogen-bond acceptors (Lipinski definition) is 6. The lowest BCUT2D eigenvalue weighted by molar-refractivity contribution is 0.0945. The van der Waals surface area contributed by atoms with Gasteiger partial charge >= 0.3 is 0 Å². The number of carbonyl (C=O) groups excluding carboxylic acids is 1. The van der Waals surface area contributed by atoms with Gasteiger partial charge < -0.3 is 10.6 Å². The van der Waals surface area contributed by atoms with Crippen LogP contribution in [0.5, 0.6) is 0 Å². The van der Waals surface area contributed by atoms with Crippen LogP contribution in [0.3, 0.4) is 0 Å². The highest BCUT2D eigenvalue weighted by molar-refractivity contribution is 5.91. The molecule has 7 heteroatoms. The van der Waals surface area contributed by atoms with Crippen LogP contribution in [0, 0.1) is 0 Å². The minimum absolute atomic E-state index is 0.271. The summed E-state index contributed by atoms with van der Waals surface area (Å²) in [5, 5.41) is 5.93. The second-order valence-corrected chi connectivity index (χ2v) is 5.04. The van der Waals surface area contributed by atoms with Crippen LogP contribution in [-0.4, -0.2) is 25.8 Å². The topological polar surface area (TPSA) is 92.7 Å². The second kappa shape index (κ2) is 7.77. The zero-order valence-corrected chi connectivity index (χ0v) is 12.9. The Labute approximate surface area is 139 Å². The maximum Gasteiger partial charge on any atom is 0.271 e. The van der Waals surface area contributed by atoms with Gasteiger partial charge in [-0.2, -0.15) is 0 Å². The fraction of sp³-hybridized carbons (Fsp3) is 0.118. The zero-order chi connectivity index (χ0) is 16.6. The third kappa shape index (κ3) is 4.33. The van der Waals surface area contributed by atoms with Gasteiger partial charge in [-0.25, -0.2) is 9.97 Å². The fourth-order valence-corrected chi connectivity index (χ4v) is 2.01. The summed E-state index contributed by atoms with van der Waals surface area (Å²) in [6, 6.07) is 7.55. The third-order valence-electron chi connectivity index (χ3n) is 3.28. The maximum absolute atomic E-state index is 12.0. The van der Waals surface area contributed by atoms with Gasteiger partial charge in [-0.15, -0.1) is 0 Å². The molecule has 0 unspecified atom stereocenters. The van der Waals surface area contributed by atoms with Crippen LogP contribution in [0.4, 0.5) is 5.82 Å². The van der Waals surface area contributed by atoms with Crippen LogP contribution < -0.4 is 10.6 Å². The molecule has 24 heavy (non-hydrogen) atoms. The van der Waals surface area contributed by atoms with Crippen molar-refractivity contribution in [2.24, 2.45) is 0 Å². The van der Waals surface area contributed by atoms with E-state index in [4.69, 9.17) is 0 Å². The van der Waals surface area contributed by atoms with Gasteiger partial charge in [0.25, 0.3) is 5.91 Å². The summed E-state index contributed by atoms with van der Waals surface area (Å²) >= 11 is 0. The SMILES string of the molecule is O=C(NCc1cccnc1)c1cnc(NCc2ccncc2)cn1. The Morgan fingerprint density at radius 1 is 0.875 bits per heavy atom. The first-order valence-electron chi connectivity index (χ1n) is 7.43. The van der Waals surface area contributed by atoms with Crippen molar-refractivity contribution in [3.05, 3.63) is 78.3 Å². The van der Waals surface area contributed by atoms with Crippen molar-refractivity contribution in [1.29, 1.82) is 0 Å². The molecule has 3 aromatic rings. The number of nitrogens with one attached hydrogen (secondary N) is 2.